The zero-order valence-electron chi connectivity index (χ0n) is 47.9. The number of hydrogen-bond donors (Lipinski definition) is 2. The lowest BCUT2D eigenvalue weighted by atomic mass is 9.77. The number of aromatic hydroxyl groups is 2. The molecule has 2 heterocycles. The molecule has 0 saturated carbocycles. The van der Waals surface area contributed by atoms with Crippen LogP contribution in [0.2, 0.25) is 0 Å². The number of carbonyl (C=O) groups excluding carboxylic acids is 8. The first-order chi connectivity index (χ1) is 42.5. The maximum Gasteiger partial charge on any atom is 0.343 e. The summed E-state index contributed by atoms with van der Waals surface area (Å²) >= 11 is 0. The summed E-state index contributed by atoms with van der Waals surface area (Å²) in [4.78, 5) is 111. The first-order valence-electron chi connectivity index (χ1n) is 28.6. The number of rotatable bonds is 21. The van der Waals surface area contributed by atoms with Crippen molar-refractivity contribution in [3.63, 3.8) is 0 Å². The lowest BCUT2D eigenvalue weighted by Gasteiger charge is -2.25. The van der Waals surface area contributed by atoms with E-state index in [0.717, 1.165) is 16.0 Å². The molecule has 442 valence electrons. The van der Waals surface area contributed by atoms with Crippen molar-refractivity contribution in [2.75, 3.05) is 9.80 Å². The van der Waals surface area contributed by atoms with Crippen molar-refractivity contribution in [1.82, 2.24) is 0 Å². The molecule has 4 amide bonds. The maximum absolute atomic E-state index is 14.6. The number of hydrogen-bond acceptors (Lipinski definition) is 14. The molecule has 0 spiro atoms. The quantitative estimate of drug-likeness (QED) is 0.0296. The van der Waals surface area contributed by atoms with Crippen LogP contribution in [0, 0.1) is 23.7 Å². The van der Waals surface area contributed by atoms with Gasteiger partial charge < -0.3 is 29.2 Å². The summed E-state index contributed by atoms with van der Waals surface area (Å²) in [6.07, 6.45) is 6.53. The molecule has 0 aromatic heterocycles. The molecule has 6 unspecified atom stereocenters. The van der Waals surface area contributed by atoms with Crippen LogP contribution in [0.5, 0.6) is 34.5 Å². The highest BCUT2D eigenvalue weighted by molar-refractivity contribution is 6.23. The average molecular weight is 1180 g/mol. The van der Waals surface area contributed by atoms with Crippen molar-refractivity contribution < 1.29 is 67.5 Å². The van der Waals surface area contributed by atoms with Gasteiger partial charge in [0.25, 0.3) is 0 Å². The molecule has 16 nitrogen and oxygen atoms in total. The lowest BCUT2D eigenvalue weighted by Crippen LogP contribution is -2.31. The highest BCUT2D eigenvalue weighted by Crippen LogP contribution is 2.44. The standard InChI is InChI=1S/C72H60N2O14/c1-45(49-19-28-56(75)29-20-49)43-64-62(68(80)74(70(64)82)54-24-30-57(76)31-25-54)40-23-53(50-21-36-58(37-22-50)85-65(77)41-17-47-13-32-60(33-14-47)87-71(83)51-9-5-3-6-10-51)44-63-46(2)67(79)73(69(63)81)55-26-38-59(39-27-55)86-66(78)42-18-48-15-34-61(35-16-48)88-72(84)52-11-7-4-8-12-52/h3-22,24-39,41-42,45-46,53,62-64,75-76H,23,40,43-44H2,1-2H3/b41-17+,42-18+. The Balaban J connectivity index is 0.839. The van der Waals surface area contributed by atoms with Crippen LogP contribution in [0.4, 0.5) is 11.4 Å². The molecule has 16 heteroatoms. The minimum absolute atomic E-state index is 0.0356. The van der Waals surface area contributed by atoms with Crippen LogP contribution in [0.15, 0.2) is 218 Å². The molecule has 8 aromatic carbocycles. The molecule has 2 N–H and O–H groups in total. The van der Waals surface area contributed by atoms with Gasteiger partial charge in [-0.2, -0.15) is 0 Å². The first kappa shape index (κ1) is 60.1. The first-order valence-corrected chi connectivity index (χ1v) is 28.6. The monoisotopic (exact) mass is 1180 g/mol. The van der Waals surface area contributed by atoms with Gasteiger partial charge in [-0.1, -0.05) is 98.8 Å². The van der Waals surface area contributed by atoms with E-state index in [1.54, 1.807) is 171 Å². The summed E-state index contributed by atoms with van der Waals surface area (Å²) in [7, 11) is 0. The normalized spacial score (nSPS) is 17.3. The van der Waals surface area contributed by atoms with Crippen LogP contribution in [-0.4, -0.2) is 57.7 Å². The molecule has 88 heavy (non-hydrogen) atoms. The molecule has 2 aliphatic rings. The van der Waals surface area contributed by atoms with Gasteiger partial charge in [-0.15, -0.1) is 0 Å². The Labute approximate surface area is 507 Å². The third-order valence-electron chi connectivity index (χ3n) is 15.8. The molecule has 0 aliphatic carbocycles. The van der Waals surface area contributed by atoms with Crippen molar-refractivity contribution in [3.8, 4) is 34.5 Å². The summed E-state index contributed by atoms with van der Waals surface area (Å²) in [5.41, 5.74) is 4.25. The highest BCUT2D eigenvalue weighted by Gasteiger charge is 2.50. The summed E-state index contributed by atoms with van der Waals surface area (Å²) < 4.78 is 22.1. The van der Waals surface area contributed by atoms with Crippen LogP contribution >= 0.6 is 0 Å². The van der Waals surface area contributed by atoms with E-state index in [1.807, 2.05) is 6.92 Å². The Bertz CT molecular complexity index is 3910. The van der Waals surface area contributed by atoms with Gasteiger partial charge in [-0.3, -0.25) is 29.0 Å². The lowest BCUT2D eigenvalue weighted by molar-refractivity contribution is -0.129. The Morgan fingerprint density at radius 2 is 0.830 bits per heavy atom. The minimum atomic E-state index is -0.836. The second kappa shape index (κ2) is 27.4. The second-order valence-corrected chi connectivity index (χ2v) is 21.6. The number of amides is 4. The average Bonchev–Trinajstić information content (AvgIpc) is 1.79. The molecule has 0 radical (unpaired) electrons. The third-order valence-corrected chi connectivity index (χ3v) is 15.8. The van der Waals surface area contributed by atoms with Gasteiger partial charge in [-0.25, -0.2) is 19.2 Å². The fourth-order valence-electron chi connectivity index (χ4n) is 11.0. The van der Waals surface area contributed by atoms with E-state index in [1.165, 1.54) is 71.7 Å². The van der Waals surface area contributed by atoms with Crippen molar-refractivity contribution in [3.05, 3.63) is 252 Å². The SMILES string of the molecule is CC(CC1C(=O)N(c2ccc(O)cc2)C(=O)C1CCC(CC1C(=O)N(c2ccc(OC(=O)/C=C/c3ccc(OC(=O)c4ccccc4)cc3)cc2)C(=O)C1C)c1ccc(OC(=O)/C=C/c2ccc(OC(=O)c3ccccc3)cc2)cc1)c1ccc(O)cc1. The van der Waals surface area contributed by atoms with E-state index in [9.17, 15) is 48.6 Å². The van der Waals surface area contributed by atoms with Crippen molar-refractivity contribution in [1.29, 1.82) is 0 Å². The van der Waals surface area contributed by atoms with Crippen LogP contribution in [-0.2, 0) is 28.8 Å². The van der Waals surface area contributed by atoms with Gasteiger partial charge in [0.05, 0.1) is 40.3 Å². The number of imide groups is 2. The van der Waals surface area contributed by atoms with Gasteiger partial charge in [0.1, 0.15) is 34.5 Å². The number of ether oxygens (including phenoxy) is 4. The van der Waals surface area contributed by atoms with Crippen LogP contribution < -0.4 is 28.7 Å². The van der Waals surface area contributed by atoms with Crippen molar-refractivity contribution in [2.24, 2.45) is 23.7 Å². The van der Waals surface area contributed by atoms with E-state index in [4.69, 9.17) is 18.9 Å². The fourth-order valence-corrected chi connectivity index (χ4v) is 11.0. The van der Waals surface area contributed by atoms with E-state index in [0.29, 0.717) is 45.9 Å². The number of phenolic OH excluding ortho intramolecular Hbond substituents is 2. The molecule has 6 atom stereocenters. The maximum atomic E-state index is 14.6. The number of nitrogens with zero attached hydrogens (tertiary/aromatic N) is 2. The smallest absolute Gasteiger partial charge is 0.343 e. The fraction of sp³-hybridized carbons (Fsp3) is 0.167. The van der Waals surface area contributed by atoms with E-state index in [2.05, 4.69) is 0 Å². The molecule has 10 rings (SSSR count). The minimum Gasteiger partial charge on any atom is -0.508 e. The Hall–Kier alpha value is -11.0. The Morgan fingerprint density at radius 3 is 1.32 bits per heavy atom. The molecule has 2 fully saturated rings. The highest BCUT2D eigenvalue weighted by atomic mass is 16.5. The number of anilines is 2. The molecule has 2 aliphatic heterocycles. The summed E-state index contributed by atoms with van der Waals surface area (Å²) in [6.45, 7) is 3.64. The summed E-state index contributed by atoms with van der Waals surface area (Å²) in [5, 5.41) is 20.1. The molecule has 8 aromatic rings. The number of phenols is 2. The van der Waals surface area contributed by atoms with Crippen LogP contribution in [0.25, 0.3) is 12.2 Å². The van der Waals surface area contributed by atoms with Gasteiger partial charge >= 0.3 is 23.9 Å². The zero-order chi connectivity index (χ0) is 61.8. The topological polar surface area (TPSA) is 220 Å². The number of esters is 4. The van der Waals surface area contributed by atoms with Gasteiger partial charge in [0.2, 0.25) is 23.6 Å². The van der Waals surface area contributed by atoms with Gasteiger partial charge in [-0.05, 0) is 193 Å². The van der Waals surface area contributed by atoms with E-state index in [-0.39, 0.29) is 53.9 Å². The van der Waals surface area contributed by atoms with Crippen molar-refractivity contribution >= 4 is 71.0 Å². The predicted octanol–water partition coefficient (Wildman–Crippen LogP) is 12.9. The van der Waals surface area contributed by atoms with Crippen LogP contribution in [0.1, 0.15) is 94.3 Å². The molecular formula is C72H60N2O14. The number of carbonyl (C=O) groups is 8. The van der Waals surface area contributed by atoms with E-state index < -0.39 is 77.1 Å². The van der Waals surface area contributed by atoms with Crippen LogP contribution in [0.3, 0.4) is 0 Å². The van der Waals surface area contributed by atoms with E-state index >= 15 is 0 Å². The summed E-state index contributed by atoms with van der Waals surface area (Å²) in [6, 6.07) is 55.6. The molecule has 2 saturated heterocycles. The second-order valence-electron chi connectivity index (χ2n) is 21.6. The Morgan fingerprint density at radius 1 is 0.443 bits per heavy atom. The van der Waals surface area contributed by atoms with Gasteiger partial charge in [0.15, 0.2) is 0 Å². The molecular weight excluding hydrogens is 1120 g/mol. The molecule has 0 bridgehead atoms. The Kier molecular flexibility index (Phi) is 18.7. The number of benzene rings is 8. The van der Waals surface area contributed by atoms with Gasteiger partial charge in [0, 0.05) is 18.1 Å². The zero-order valence-corrected chi connectivity index (χ0v) is 47.9. The predicted molar refractivity (Wildman–Crippen MR) is 328 cm³/mol. The third kappa shape index (κ3) is 14.6. The van der Waals surface area contributed by atoms with Crippen molar-refractivity contribution in [2.45, 2.75) is 51.4 Å². The largest absolute Gasteiger partial charge is 0.508 e. The summed E-state index contributed by atoms with van der Waals surface area (Å²) in [5.74, 6) is -6.87.